The first kappa shape index (κ1) is 14.8. The van der Waals surface area contributed by atoms with E-state index >= 15 is 0 Å². The number of rotatable bonds is 3. The van der Waals surface area contributed by atoms with Gasteiger partial charge in [0.15, 0.2) is 0 Å². The molecule has 2 heterocycles. The lowest BCUT2D eigenvalue weighted by Gasteiger charge is -2.12. The number of hydrogen-bond donors (Lipinski definition) is 1. The van der Waals surface area contributed by atoms with Crippen LogP contribution in [0.4, 0.5) is 0 Å². The Morgan fingerprint density at radius 3 is 2.70 bits per heavy atom. The maximum Gasteiger partial charge on any atom is 0.266 e. The second-order valence-electron chi connectivity index (χ2n) is 4.90. The van der Waals surface area contributed by atoms with Crippen LogP contribution in [-0.4, -0.2) is 22.4 Å². The molecule has 20 heavy (non-hydrogen) atoms. The lowest BCUT2D eigenvalue weighted by atomic mass is 10.1. The van der Waals surface area contributed by atoms with Crippen LogP contribution in [0.2, 0.25) is 0 Å². The summed E-state index contributed by atoms with van der Waals surface area (Å²) in [5.74, 6) is 0. The highest BCUT2D eigenvalue weighted by atomic mass is 35.5. The lowest BCUT2D eigenvalue weighted by Crippen LogP contribution is -2.33. The highest BCUT2D eigenvalue weighted by Gasteiger charge is 2.15. The van der Waals surface area contributed by atoms with E-state index in [0.29, 0.717) is 12.6 Å². The van der Waals surface area contributed by atoms with E-state index in [2.05, 4.69) is 10.4 Å². The highest BCUT2D eigenvalue weighted by Crippen LogP contribution is 2.14. The summed E-state index contributed by atoms with van der Waals surface area (Å²) in [6.07, 6.45) is 2.29. The smallest absolute Gasteiger partial charge is 0.266 e. The Labute approximate surface area is 124 Å². The first-order valence-corrected chi connectivity index (χ1v) is 6.70. The van der Waals surface area contributed by atoms with Crippen LogP contribution in [0.3, 0.4) is 0 Å². The van der Waals surface area contributed by atoms with Gasteiger partial charge in [0, 0.05) is 17.7 Å². The van der Waals surface area contributed by atoms with Crippen molar-refractivity contribution in [1.29, 1.82) is 0 Å². The van der Waals surface area contributed by atoms with Crippen molar-refractivity contribution >= 4 is 12.4 Å². The Kier molecular flexibility index (Phi) is 4.93. The largest absolute Gasteiger partial charge is 0.312 e. The summed E-state index contributed by atoms with van der Waals surface area (Å²) < 4.78 is 1.57. The quantitative estimate of drug-likeness (QED) is 0.942. The number of benzene rings is 1. The van der Waals surface area contributed by atoms with Crippen LogP contribution in [0.5, 0.6) is 0 Å². The topological polar surface area (TPSA) is 46.9 Å². The Balaban J connectivity index is 0.00000147. The second kappa shape index (κ2) is 6.68. The fourth-order valence-corrected chi connectivity index (χ4v) is 2.46. The molecule has 0 radical (unpaired) electrons. The van der Waals surface area contributed by atoms with E-state index < -0.39 is 0 Å². The number of nitrogens with zero attached hydrogens (tertiary/aromatic N) is 2. The van der Waals surface area contributed by atoms with Crippen molar-refractivity contribution in [3.05, 3.63) is 52.8 Å². The van der Waals surface area contributed by atoms with E-state index in [1.54, 1.807) is 16.8 Å². The molecule has 0 bridgehead atoms. The van der Waals surface area contributed by atoms with Gasteiger partial charge in [0.2, 0.25) is 0 Å². The van der Waals surface area contributed by atoms with Gasteiger partial charge in [-0.15, -0.1) is 12.4 Å². The molecule has 4 nitrogen and oxygen atoms in total. The molecule has 1 aliphatic heterocycles. The minimum absolute atomic E-state index is 0. The molecular weight excluding hydrogens is 274 g/mol. The van der Waals surface area contributed by atoms with Crippen LogP contribution in [0.25, 0.3) is 11.3 Å². The monoisotopic (exact) mass is 291 g/mol. The highest BCUT2D eigenvalue weighted by molar-refractivity contribution is 5.85. The van der Waals surface area contributed by atoms with E-state index in [-0.39, 0.29) is 18.0 Å². The van der Waals surface area contributed by atoms with Crippen molar-refractivity contribution in [1.82, 2.24) is 15.1 Å². The molecule has 1 aromatic heterocycles. The molecular formula is C15H18ClN3O. The van der Waals surface area contributed by atoms with Crippen molar-refractivity contribution in [3.63, 3.8) is 0 Å². The van der Waals surface area contributed by atoms with Gasteiger partial charge in [-0.3, -0.25) is 4.79 Å². The summed E-state index contributed by atoms with van der Waals surface area (Å²) in [6.45, 7) is 1.69. The average Bonchev–Trinajstić information content (AvgIpc) is 2.95. The third kappa shape index (κ3) is 3.26. The molecule has 0 aliphatic carbocycles. The van der Waals surface area contributed by atoms with Gasteiger partial charge in [-0.2, -0.15) is 5.10 Å². The van der Waals surface area contributed by atoms with E-state index in [1.165, 1.54) is 6.42 Å². The molecule has 2 aromatic rings. The molecule has 1 atom stereocenters. The molecule has 3 rings (SSSR count). The van der Waals surface area contributed by atoms with Gasteiger partial charge < -0.3 is 5.32 Å². The second-order valence-corrected chi connectivity index (χ2v) is 4.90. The maximum atomic E-state index is 11.9. The zero-order chi connectivity index (χ0) is 13.1. The normalized spacial score (nSPS) is 17.7. The molecule has 1 saturated heterocycles. The molecule has 5 heteroatoms. The van der Waals surface area contributed by atoms with Crippen LogP contribution in [0.15, 0.2) is 47.3 Å². The molecule has 106 valence electrons. The molecule has 0 spiro atoms. The predicted molar refractivity (Wildman–Crippen MR) is 82.2 cm³/mol. The standard InChI is InChI=1S/C15H17N3O.ClH/c19-15-9-8-14(12-5-2-1-3-6-12)17-18(15)11-13-7-4-10-16-13;/h1-3,5-6,8-9,13,16H,4,7,10-11H2;1H. The Bertz CT molecular complexity index is 606. The lowest BCUT2D eigenvalue weighted by molar-refractivity contribution is 0.460. The fraction of sp³-hybridized carbons (Fsp3) is 0.333. The van der Waals surface area contributed by atoms with E-state index in [1.807, 2.05) is 30.3 Å². The zero-order valence-electron chi connectivity index (χ0n) is 11.2. The summed E-state index contributed by atoms with van der Waals surface area (Å²) in [5.41, 5.74) is 1.85. The SMILES string of the molecule is Cl.O=c1ccc(-c2ccccc2)nn1CC1CCCN1. The number of aromatic nitrogens is 2. The van der Waals surface area contributed by atoms with Crippen molar-refractivity contribution in [2.75, 3.05) is 6.54 Å². The Morgan fingerprint density at radius 1 is 1.20 bits per heavy atom. The predicted octanol–water partition coefficient (Wildman–Crippen LogP) is 2.08. The molecule has 1 aromatic carbocycles. The third-order valence-corrected chi connectivity index (χ3v) is 3.49. The number of halogens is 1. The van der Waals surface area contributed by atoms with E-state index in [0.717, 1.165) is 24.2 Å². The van der Waals surface area contributed by atoms with Crippen molar-refractivity contribution in [2.45, 2.75) is 25.4 Å². The first-order valence-electron chi connectivity index (χ1n) is 6.70. The molecule has 0 saturated carbocycles. The minimum atomic E-state index is -0.0339. The van der Waals surface area contributed by atoms with Crippen molar-refractivity contribution in [2.24, 2.45) is 0 Å². The van der Waals surface area contributed by atoms with Gasteiger partial charge in [-0.25, -0.2) is 4.68 Å². The summed E-state index contributed by atoms with van der Waals surface area (Å²) >= 11 is 0. The van der Waals surface area contributed by atoms with Gasteiger partial charge in [0.1, 0.15) is 0 Å². The summed E-state index contributed by atoms with van der Waals surface area (Å²) in [7, 11) is 0. The van der Waals surface area contributed by atoms with Crippen LogP contribution in [-0.2, 0) is 6.54 Å². The number of hydrogen-bond acceptors (Lipinski definition) is 3. The van der Waals surface area contributed by atoms with Gasteiger partial charge >= 0.3 is 0 Å². The van der Waals surface area contributed by atoms with Gasteiger partial charge in [0.25, 0.3) is 5.56 Å². The fourth-order valence-electron chi connectivity index (χ4n) is 2.46. The zero-order valence-corrected chi connectivity index (χ0v) is 12.0. The third-order valence-electron chi connectivity index (χ3n) is 3.49. The van der Waals surface area contributed by atoms with Crippen LogP contribution in [0.1, 0.15) is 12.8 Å². The first-order chi connectivity index (χ1) is 9.33. The molecule has 1 fully saturated rings. The Morgan fingerprint density at radius 2 is 2.00 bits per heavy atom. The summed E-state index contributed by atoms with van der Waals surface area (Å²) in [4.78, 5) is 11.9. The van der Waals surface area contributed by atoms with Gasteiger partial charge in [-0.1, -0.05) is 30.3 Å². The molecule has 1 aliphatic rings. The summed E-state index contributed by atoms with van der Waals surface area (Å²) in [5, 5.41) is 7.86. The van der Waals surface area contributed by atoms with Crippen LogP contribution < -0.4 is 10.9 Å². The van der Waals surface area contributed by atoms with E-state index in [9.17, 15) is 4.79 Å². The van der Waals surface area contributed by atoms with Gasteiger partial charge in [-0.05, 0) is 25.5 Å². The van der Waals surface area contributed by atoms with Crippen LogP contribution in [0, 0.1) is 0 Å². The van der Waals surface area contributed by atoms with Gasteiger partial charge in [0.05, 0.1) is 12.2 Å². The Hall–Kier alpha value is -1.65. The van der Waals surface area contributed by atoms with Crippen molar-refractivity contribution in [3.8, 4) is 11.3 Å². The minimum Gasteiger partial charge on any atom is -0.312 e. The number of nitrogens with one attached hydrogen (secondary N) is 1. The molecule has 0 amide bonds. The van der Waals surface area contributed by atoms with Crippen LogP contribution >= 0.6 is 12.4 Å². The van der Waals surface area contributed by atoms with E-state index in [4.69, 9.17) is 0 Å². The average molecular weight is 292 g/mol. The van der Waals surface area contributed by atoms with Crippen molar-refractivity contribution < 1.29 is 0 Å². The molecule has 1 N–H and O–H groups in total. The molecule has 1 unspecified atom stereocenters. The summed E-state index contributed by atoms with van der Waals surface area (Å²) in [6, 6.07) is 13.7. The maximum absolute atomic E-state index is 11.9.